The van der Waals surface area contributed by atoms with Gasteiger partial charge in [0.1, 0.15) is 5.82 Å². The molecule has 104 valence electrons. The Morgan fingerprint density at radius 2 is 2.15 bits per heavy atom. The van der Waals surface area contributed by atoms with Crippen molar-refractivity contribution in [1.29, 1.82) is 0 Å². The number of halogens is 2. The zero-order valence-corrected chi connectivity index (χ0v) is 11.8. The summed E-state index contributed by atoms with van der Waals surface area (Å²) in [4.78, 5) is 19.0. The predicted molar refractivity (Wildman–Crippen MR) is 72.0 cm³/mol. The van der Waals surface area contributed by atoms with Crippen LogP contribution < -0.4 is 10.5 Å². The monoisotopic (exact) mass is 341 g/mol. The molecule has 0 saturated heterocycles. The Balaban J connectivity index is 2.31. The molecule has 1 heterocycles. The lowest BCUT2D eigenvalue weighted by Crippen LogP contribution is -2.06. The van der Waals surface area contributed by atoms with Crippen LogP contribution in [0, 0.1) is 5.82 Å². The molecule has 8 heteroatoms. The first-order chi connectivity index (χ1) is 9.51. The Morgan fingerprint density at radius 3 is 2.85 bits per heavy atom. The van der Waals surface area contributed by atoms with Crippen molar-refractivity contribution in [2.45, 2.75) is 0 Å². The molecule has 0 aliphatic carbocycles. The number of benzene rings is 1. The summed E-state index contributed by atoms with van der Waals surface area (Å²) in [5.41, 5.74) is 5.89. The fourth-order valence-electron chi connectivity index (χ4n) is 1.35. The predicted octanol–water partition coefficient (Wildman–Crippen LogP) is 2.54. The summed E-state index contributed by atoms with van der Waals surface area (Å²) in [5.74, 6) is -1.12. The number of carbonyl (C=O) groups excluding carboxylic acids is 1. The van der Waals surface area contributed by atoms with Gasteiger partial charge in [-0.25, -0.2) is 14.2 Å². The van der Waals surface area contributed by atoms with Gasteiger partial charge in [-0.3, -0.25) is 4.98 Å². The molecule has 2 N–H and O–H groups in total. The summed E-state index contributed by atoms with van der Waals surface area (Å²) in [5, 5.41) is 0. The van der Waals surface area contributed by atoms with Crippen molar-refractivity contribution in [2.24, 2.45) is 0 Å². The first kappa shape index (κ1) is 14.2. The van der Waals surface area contributed by atoms with E-state index in [1.807, 2.05) is 0 Å². The highest BCUT2D eigenvalue weighted by atomic mass is 79.9. The topological polar surface area (TPSA) is 87.3 Å². The molecule has 2 aromatic rings. The summed E-state index contributed by atoms with van der Waals surface area (Å²) < 4.78 is 23.5. The van der Waals surface area contributed by atoms with Gasteiger partial charge in [0.25, 0.3) is 0 Å². The molecule has 0 saturated carbocycles. The van der Waals surface area contributed by atoms with Crippen LogP contribution in [0.15, 0.2) is 29.0 Å². The van der Waals surface area contributed by atoms with Crippen LogP contribution in [0.2, 0.25) is 0 Å². The number of nitrogens with two attached hydrogens (primary N) is 1. The standard InChI is InChI=1S/C12H9BrFN3O3/c1-19-12(18)9-4-16-5-11(17-9)20-10-3-7(14)6(13)2-8(10)15/h2-5H,15H2,1H3. The summed E-state index contributed by atoms with van der Waals surface area (Å²) >= 11 is 3.01. The SMILES string of the molecule is COC(=O)c1cncc(Oc2cc(F)c(Br)cc2N)n1. The molecular formula is C12H9BrFN3O3. The molecule has 0 spiro atoms. The molecule has 0 atom stereocenters. The highest BCUT2D eigenvalue weighted by molar-refractivity contribution is 9.10. The zero-order chi connectivity index (χ0) is 14.7. The third-order valence-electron chi connectivity index (χ3n) is 2.27. The molecular weight excluding hydrogens is 333 g/mol. The van der Waals surface area contributed by atoms with Gasteiger partial charge in [0, 0.05) is 6.07 Å². The van der Waals surface area contributed by atoms with Crippen LogP contribution in [-0.2, 0) is 4.74 Å². The molecule has 0 aliphatic rings. The number of methoxy groups -OCH3 is 1. The van der Waals surface area contributed by atoms with E-state index in [0.717, 1.165) is 6.07 Å². The Hall–Kier alpha value is -2.22. The van der Waals surface area contributed by atoms with Gasteiger partial charge >= 0.3 is 5.97 Å². The second-order valence-electron chi connectivity index (χ2n) is 3.64. The van der Waals surface area contributed by atoms with Gasteiger partial charge in [0.15, 0.2) is 11.4 Å². The van der Waals surface area contributed by atoms with Gasteiger partial charge in [-0.1, -0.05) is 0 Å². The lowest BCUT2D eigenvalue weighted by atomic mass is 10.3. The van der Waals surface area contributed by atoms with Crippen molar-refractivity contribution < 1.29 is 18.7 Å². The van der Waals surface area contributed by atoms with Crippen LogP contribution in [0.5, 0.6) is 11.6 Å². The number of esters is 1. The summed E-state index contributed by atoms with van der Waals surface area (Å²) in [6.07, 6.45) is 2.50. The highest BCUT2D eigenvalue weighted by Crippen LogP contribution is 2.31. The molecule has 0 bridgehead atoms. The van der Waals surface area contributed by atoms with E-state index in [2.05, 4.69) is 30.6 Å². The molecule has 6 nitrogen and oxygen atoms in total. The molecule has 1 aromatic carbocycles. The first-order valence-electron chi connectivity index (χ1n) is 5.34. The number of aromatic nitrogens is 2. The number of carbonyl (C=O) groups is 1. The van der Waals surface area contributed by atoms with E-state index in [4.69, 9.17) is 10.5 Å². The Kier molecular flexibility index (Phi) is 4.14. The van der Waals surface area contributed by atoms with Crippen molar-refractivity contribution in [2.75, 3.05) is 12.8 Å². The quantitative estimate of drug-likeness (QED) is 0.681. The minimum atomic E-state index is -0.655. The average Bonchev–Trinajstić information content (AvgIpc) is 2.44. The van der Waals surface area contributed by atoms with E-state index in [1.54, 1.807) is 0 Å². The van der Waals surface area contributed by atoms with Crippen LogP contribution in [0.4, 0.5) is 10.1 Å². The lowest BCUT2D eigenvalue weighted by molar-refractivity contribution is 0.0592. The number of anilines is 1. The van der Waals surface area contributed by atoms with Crippen molar-refractivity contribution in [1.82, 2.24) is 9.97 Å². The number of hydrogen-bond donors (Lipinski definition) is 1. The molecule has 2 rings (SSSR count). The molecule has 1 aromatic heterocycles. The maximum Gasteiger partial charge on any atom is 0.358 e. The van der Waals surface area contributed by atoms with Crippen LogP contribution in [0.25, 0.3) is 0 Å². The Labute approximate surface area is 121 Å². The Bertz CT molecular complexity index is 666. The lowest BCUT2D eigenvalue weighted by Gasteiger charge is -2.08. The minimum absolute atomic E-state index is 0.00122. The van der Waals surface area contributed by atoms with Gasteiger partial charge in [-0.2, -0.15) is 0 Å². The largest absolute Gasteiger partial charge is 0.464 e. The van der Waals surface area contributed by atoms with Crippen molar-refractivity contribution in [3.63, 3.8) is 0 Å². The van der Waals surface area contributed by atoms with Gasteiger partial charge in [-0.15, -0.1) is 0 Å². The number of nitrogen functional groups attached to an aromatic ring is 1. The summed E-state index contributed by atoms with van der Waals surface area (Å²) in [7, 11) is 1.22. The zero-order valence-electron chi connectivity index (χ0n) is 10.3. The highest BCUT2D eigenvalue weighted by Gasteiger charge is 2.12. The summed E-state index contributed by atoms with van der Waals surface area (Å²) in [6.45, 7) is 0. The number of rotatable bonds is 3. The smallest absolute Gasteiger partial charge is 0.358 e. The number of nitrogens with zero attached hydrogens (tertiary/aromatic N) is 2. The van der Waals surface area contributed by atoms with E-state index in [0.29, 0.717) is 0 Å². The second-order valence-corrected chi connectivity index (χ2v) is 4.49. The second kappa shape index (κ2) is 5.83. The van der Waals surface area contributed by atoms with Gasteiger partial charge in [0.2, 0.25) is 5.88 Å². The molecule has 0 amide bonds. The fourth-order valence-corrected chi connectivity index (χ4v) is 1.71. The van der Waals surface area contributed by atoms with Gasteiger partial charge in [0.05, 0.1) is 29.7 Å². The fraction of sp³-hybridized carbons (Fsp3) is 0.0833. The molecule has 20 heavy (non-hydrogen) atoms. The van der Waals surface area contributed by atoms with E-state index in [1.165, 1.54) is 25.6 Å². The van der Waals surface area contributed by atoms with Crippen molar-refractivity contribution in [3.8, 4) is 11.6 Å². The Morgan fingerprint density at radius 1 is 1.40 bits per heavy atom. The van der Waals surface area contributed by atoms with Gasteiger partial charge < -0.3 is 15.2 Å². The normalized spacial score (nSPS) is 10.2. The van der Waals surface area contributed by atoms with E-state index in [-0.39, 0.29) is 27.5 Å². The van der Waals surface area contributed by atoms with Crippen molar-refractivity contribution in [3.05, 3.63) is 40.5 Å². The van der Waals surface area contributed by atoms with Crippen molar-refractivity contribution >= 4 is 27.6 Å². The van der Waals surface area contributed by atoms with Gasteiger partial charge in [-0.05, 0) is 22.0 Å². The number of hydrogen-bond acceptors (Lipinski definition) is 6. The third kappa shape index (κ3) is 3.02. The third-order valence-corrected chi connectivity index (χ3v) is 2.88. The molecule has 0 fully saturated rings. The van der Waals surface area contributed by atoms with E-state index >= 15 is 0 Å². The molecule has 0 radical (unpaired) electrons. The minimum Gasteiger partial charge on any atom is -0.464 e. The maximum atomic E-state index is 13.4. The first-order valence-corrected chi connectivity index (χ1v) is 6.13. The maximum absolute atomic E-state index is 13.4. The number of ether oxygens (including phenoxy) is 2. The van der Waals surface area contributed by atoms with Crippen LogP contribution in [0.3, 0.4) is 0 Å². The van der Waals surface area contributed by atoms with Crippen LogP contribution >= 0.6 is 15.9 Å². The average molecular weight is 342 g/mol. The summed E-state index contributed by atoms with van der Waals surface area (Å²) in [6, 6.07) is 2.47. The van der Waals surface area contributed by atoms with E-state index < -0.39 is 11.8 Å². The van der Waals surface area contributed by atoms with Crippen LogP contribution in [0.1, 0.15) is 10.5 Å². The molecule has 0 aliphatic heterocycles. The van der Waals surface area contributed by atoms with E-state index in [9.17, 15) is 9.18 Å². The van der Waals surface area contributed by atoms with Crippen LogP contribution in [-0.4, -0.2) is 23.0 Å². The molecule has 0 unspecified atom stereocenters.